The van der Waals surface area contributed by atoms with Crippen molar-refractivity contribution in [2.45, 2.75) is 108 Å². The third-order valence-corrected chi connectivity index (χ3v) is 23.9. The molecule has 0 unspecified atom stereocenters. The molecular formula is C107H122N28O3. The molecule has 0 N–H and O–H groups in total. The fraction of sp³-hybridized carbons (Fsp3) is 0.355. The van der Waals surface area contributed by atoms with E-state index in [1.165, 1.54) is 16.7 Å². The van der Waals surface area contributed by atoms with Gasteiger partial charge in [-0.15, -0.1) is 0 Å². The molecule has 5 aliphatic rings. The number of hydrogen-bond acceptors (Lipinski definition) is 31. The Balaban J connectivity index is 0.000000125. The zero-order valence-electron chi connectivity index (χ0n) is 81.3. The van der Waals surface area contributed by atoms with Gasteiger partial charge in [0.05, 0.1) is 73.8 Å². The number of rotatable bonds is 21. The molecule has 138 heavy (non-hydrogen) atoms. The second-order valence-corrected chi connectivity index (χ2v) is 35.3. The number of ether oxygens (including phenoxy) is 3. The predicted molar refractivity (Wildman–Crippen MR) is 540 cm³/mol. The largest absolute Gasteiger partial charge is 0.378 e. The molecule has 0 spiro atoms. The lowest BCUT2D eigenvalue weighted by Crippen LogP contribution is -2.46. The molecule has 1 aromatic carbocycles. The minimum Gasteiger partial charge on any atom is -0.378 e. The Bertz CT molecular complexity index is 6210. The van der Waals surface area contributed by atoms with Crippen molar-refractivity contribution < 1.29 is 14.2 Å². The number of pyridine rings is 9. The number of likely N-dealkylation sites (N-methyl/N-ethyl adjacent to an activating group) is 2. The zero-order valence-corrected chi connectivity index (χ0v) is 81.3. The minimum atomic E-state index is 0.607. The highest BCUT2D eigenvalue weighted by atomic mass is 16.5. The van der Waals surface area contributed by atoms with Crippen LogP contribution in [0, 0.1) is 69.2 Å². The Hall–Kier alpha value is -14.4. The van der Waals surface area contributed by atoms with Crippen molar-refractivity contribution in [1.82, 2.24) is 114 Å². The van der Waals surface area contributed by atoms with Crippen molar-refractivity contribution >= 4 is 29.4 Å². The summed E-state index contributed by atoms with van der Waals surface area (Å²) in [4.78, 5) is 114. The summed E-state index contributed by atoms with van der Waals surface area (Å²) in [6.45, 7) is 40.5. The van der Waals surface area contributed by atoms with Crippen LogP contribution in [0.1, 0.15) is 121 Å². The smallest absolute Gasteiger partial charge is 0.229 e. The van der Waals surface area contributed by atoms with Crippen molar-refractivity contribution in [3.63, 3.8) is 0 Å². The number of piperazine rings is 2. The number of morpholine rings is 3. The lowest BCUT2D eigenvalue weighted by Gasteiger charge is -2.34. The first kappa shape index (κ1) is 96.7. The van der Waals surface area contributed by atoms with E-state index in [1.54, 1.807) is 0 Å². The Morgan fingerprint density at radius 3 is 0.855 bits per heavy atom. The molecule has 31 heteroatoms. The van der Waals surface area contributed by atoms with E-state index in [2.05, 4.69) is 155 Å². The molecule has 20 rings (SSSR count). The molecule has 0 atom stereocenters. The van der Waals surface area contributed by atoms with E-state index in [-0.39, 0.29) is 0 Å². The van der Waals surface area contributed by atoms with Crippen LogP contribution in [0.2, 0.25) is 0 Å². The highest BCUT2D eigenvalue weighted by Crippen LogP contribution is 2.30. The molecule has 0 saturated carbocycles. The Labute approximate surface area is 808 Å². The molecule has 5 aliphatic heterocycles. The van der Waals surface area contributed by atoms with Gasteiger partial charge in [0, 0.05) is 218 Å². The molecule has 0 radical (unpaired) electrons. The second-order valence-electron chi connectivity index (χ2n) is 35.3. The van der Waals surface area contributed by atoms with Crippen molar-refractivity contribution in [2.75, 3.05) is 169 Å². The van der Waals surface area contributed by atoms with Crippen molar-refractivity contribution in [2.24, 2.45) is 0 Å². The quantitative estimate of drug-likeness (QED) is 0.0645. The molecular weight excluding hydrogens is 1730 g/mol. The highest BCUT2D eigenvalue weighted by molar-refractivity contribution is 5.63. The molecule has 0 aliphatic carbocycles. The maximum absolute atomic E-state index is 5.49. The van der Waals surface area contributed by atoms with E-state index in [1.807, 2.05) is 214 Å². The summed E-state index contributed by atoms with van der Waals surface area (Å²) in [5.74, 6) is 9.48. The van der Waals surface area contributed by atoms with Crippen LogP contribution < -0.4 is 24.5 Å². The fourth-order valence-corrected chi connectivity index (χ4v) is 16.7. The second kappa shape index (κ2) is 47.4. The zero-order chi connectivity index (χ0) is 95.6. The van der Waals surface area contributed by atoms with Gasteiger partial charge in [0.1, 0.15) is 58.0 Å². The van der Waals surface area contributed by atoms with Crippen LogP contribution in [0.25, 0.3) is 57.2 Å². The number of anilines is 5. The topological polar surface area (TPSA) is 321 Å². The van der Waals surface area contributed by atoms with Gasteiger partial charge in [-0.2, -0.15) is 19.9 Å². The van der Waals surface area contributed by atoms with Gasteiger partial charge in [-0.1, -0.05) is 67.1 Å². The summed E-state index contributed by atoms with van der Waals surface area (Å²) >= 11 is 0. The predicted octanol–water partition coefficient (Wildman–Crippen LogP) is 14.5. The fourth-order valence-electron chi connectivity index (χ4n) is 16.7. The van der Waals surface area contributed by atoms with Gasteiger partial charge in [-0.25, -0.2) is 49.8 Å². The lowest BCUT2D eigenvalue weighted by atomic mass is 10.1. The molecule has 5 fully saturated rings. The Morgan fingerprint density at radius 1 is 0.239 bits per heavy atom. The monoisotopic (exact) mass is 1850 g/mol. The summed E-state index contributed by atoms with van der Waals surface area (Å²) in [6, 6.07) is 60.9. The molecule has 19 heterocycles. The van der Waals surface area contributed by atoms with E-state index >= 15 is 0 Å². The van der Waals surface area contributed by atoms with Crippen LogP contribution in [-0.2, 0) is 46.3 Å². The summed E-state index contributed by atoms with van der Waals surface area (Å²) < 4.78 is 16.4. The molecule has 0 bridgehead atoms. The van der Waals surface area contributed by atoms with Gasteiger partial charge >= 0.3 is 0 Å². The van der Waals surface area contributed by atoms with Gasteiger partial charge < -0.3 is 48.5 Å². The van der Waals surface area contributed by atoms with Crippen LogP contribution in [0.3, 0.4) is 0 Å². The first-order valence-corrected chi connectivity index (χ1v) is 47.6. The molecule has 14 aromatic heterocycles. The Kier molecular flexibility index (Phi) is 33.2. The summed E-state index contributed by atoms with van der Waals surface area (Å²) in [5.41, 5.74) is 22.7. The van der Waals surface area contributed by atoms with Gasteiger partial charge in [0.25, 0.3) is 0 Å². The van der Waals surface area contributed by atoms with Crippen molar-refractivity contribution in [1.29, 1.82) is 0 Å². The van der Waals surface area contributed by atoms with Crippen LogP contribution in [0.15, 0.2) is 207 Å². The van der Waals surface area contributed by atoms with Gasteiger partial charge in [0.15, 0.2) is 11.6 Å². The summed E-state index contributed by atoms with van der Waals surface area (Å²) in [7, 11) is 2.16. The maximum atomic E-state index is 5.49. The van der Waals surface area contributed by atoms with E-state index in [0.717, 1.165) is 291 Å². The molecule has 708 valence electrons. The number of aromatic nitrogens is 21. The number of hydrogen-bond donors (Lipinski definition) is 0. The first-order valence-electron chi connectivity index (χ1n) is 47.6. The average molecular weight is 1850 g/mol. The van der Waals surface area contributed by atoms with Gasteiger partial charge in [-0.3, -0.25) is 34.9 Å². The third-order valence-electron chi connectivity index (χ3n) is 23.9. The minimum absolute atomic E-state index is 0.607. The van der Waals surface area contributed by atoms with E-state index in [9.17, 15) is 0 Å². The normalized spacial score (nSPS) is 14.6. The van der Waals surface area contributed by atoms with E-state index in [4.69, 9.17) is 74.0 Å². The molecule has 15 aromatic rings. The van der Waals surface area contributed by atoms with Gasteiger partial charge in [-0.05, 0) is 220 Å². The standard InChI is InChI=1S/C22H27N7.C22H26N6.C22H24N4O.C21H23N5O.C20H22N6O/c1-4-28-10-12-29(13-11-28)22-26-20(15-18-8-9-23-17(3)14-18)25-21(27-22)19-7-5-6-16(2)24-19;1-16-5-4-6-19(24-16)20-15-22(28-11-9-27(3)10-12-28)26-21(25-20)14-18-7-8-23-17(2)13-18;1-16-5-3-7-18(13-16)14-21-24-20(19-8-4-6-17(2)23-19)15-22(25-21)26-9-11-27-12-10-26;1-15-4-3-5-18(23-15)19-14-21(26-8-10-27-11-9-26)25-20(24-19)13-17-6-7-22-16(2)12-17;1-14-4-3-5-17(22-14)19-23-18(13-16-6-7-21-15(2)12-16)24-20(25-19)26-8-10-27-11-9-26/h5-9,14H,4,10-13,15H2,1-3H3;4-8,13,15H,9-12,14H2,1-3H3;3-8,13,15H,9-12,14H2,1-2H3;3-7,12,14H,8-11,13H2,1-2H3;3-7,12H,8-11,13H2,1-2H3. The van der Waals surface area contributed by atoms with Crippen LogP contribution >= 0.6 is 0 Å². The lowest BCUT2D eigenvalue weighted by molar-refractivity contribution is 0.122. The molecule has 31 nitrogen and oxygen atoms in total. The summed E-state index contributed by atoms with van der Waals surface area (Å²) in [5, 5.41) is 0. The third kappa shape index (κ3) is 28.0. The SMILES string of the molecule is CCN1CCN(c2nc(Cc3ccnc(C)c3)nc(-c3cccc(C)n3)n2)CC1.Cc1cc(Cc2nc(-c3cccc(C)n3)cc(N3CCN(C)CC3)n2)ccn1.Cc1cc(Cc2nc(-c3cccc(C)n3)cc(N3CCOCC3)n2)ccn1.Cc1cc(Cc2nc(-c3cccc(C)n3)nc(N3CCOCC3)n2)ccn1.Cc1cccc(Cc2nc(-c3cccc(C)n3)cc(N3CCOCC3)n2)c1. The average Bonchev–Trinajstić information content (AvgIpc) is 0.818. The number of aryl methyl sites for hydroxylation is 10. The maximum Gasteiger partial charge on any atom is 0.229 e. The Morgan fingerprint density at radius 2 is 0.529 bits per heavy atom. The van der Waals surface area contributed by atoms with Crippen LogP contribution in [0.4, 0.5) is 29.4 Å². The molecule has 5 saturated heterocycles. The van der Waals surface area contributed by atoms with E-state index in [0.29, 0.717) is 62.9 Å². The van der Waals surface area contributed by atoms with Gasteiger partial charge in [0.2, 0.25) is 11.9 Å². The molecule has 0 amide bonds. The first-order chi connectivity index (χ1) is 67.2. The van der Waals surface area contributed by atoms with Crippen LogP contribution in [-0.4, -0.2) is 259 Å². The number of nitrogens with zero attached hydrogens (tertiary/aromatic N) is 28. The van der Waals surface area contributed by atoms with Crippen LogP contribution in [0.5, 0.6) is 0 Å². The van der Waals surface area contributed by atoms with Crippen molar-refractivity contribution in [3.8, 4) is 57.2 Å². The number of benzene rings is 1. The highest BCUT2D eigenvalue weighted by Gasteiger charge is 2.26. The van der Waals surface area contributed by atoms with E-state index < -0.39 is 0 Å². The van der Waals surface area contributed by atoms with Crippen molar-refractivity contribution in [3.05, 3.63) is 321 Å². The summed E-state index contributed by atoms with van der Waals surface area (Å²) in [6.07, 6.45) is 10.7.